The van der Waals surface area contributed by atoms with Crippen LogP contribution >= 0.6 is 0 Å². The smallest absolute Gasteiger partial charge is 0.164 e. The van der Waals surface area contributed by atoms with Gasteiger partial charge in [0.1, 0.15) is 22.3 Å². The van der Waals surface area contributed by atoms with Crippen molar-refractivity contribution < 1.29 is 23.9 Å². The van der Waals surface area contributed by atoms with Gasteiger partial charge < -0.3 is 8.83 Å². The maximum absolute atomic E-state index is 9.37. The molecule has 11 aromatic rings. The SMILES string of the molecule is [2H]c1cc([2H])c2oc3c([2H])c([2H])c(-c4cccc5oc6ccccc6c45)cc3c2c1-c1nc(-c2ccc3ccccc3c2)nc(-c2c([2H])c([2H])c3c([2H])c([2H])c([2H])c([2H])c3c2[2H])n1. The van der Waals surface area contributed by atoms with Crippen molar-refractivity contribution in [1.82, 2.24) is 15.0 Å². The normalized spacial score (nSPS) is 14.8. The third-order valence-electron chi connectivity index (χ3n) is 9.25. The number of benzene rings is 8. The van der Waals surface area contributed by atoms with Gasteiger partial charge in [-0.15, -0.1) is 0 Å². The number of fused-ring (bicyclic) bond motifs is 8. The Hall–Kier alpha value is -7.11. The van der Waals surface area contributed by atoms with Crippen molar-refractivity contribution in [1.29, 1.82) is 0 Å². The summed E-state index contributed by atoms with van der Waals surface area (Å²) in [5, 5.41) is 3.27. The van der Waals surface area contributed by atoms with Crippen LogP contribution in [0.1, 0.15) is 15.1 Å². The van der Waals surface area contributed by atoms with Gasteiger partial charge in [0, 0.05) is 38.2 Å². The maximum Gasteiger partial charge on any atom is 0.164 e. The minimum absolute atomic E-state index is 0.000237. The Kier molecular flexibility index (Phi) is 4.29. The topological polar surface area (TPSA) is 65.0 Å². The van der Waals surface area contributed by atoms with Crippen molar-refractivity contribution in [2.24, 2.45) is 0 Å². The minimum atomic E-state index is -0.609. The van der Waals surface area contributed by atoms with Gasteiger partial charge >= 0.3 is 0 Å². The molecule has 0 bridgehead atoms. The van der Waals surface area contributed by atoms with Gasteiger partial charge in [-0.3, -0.25) is 0 Å². The summed E-state index contributed by atoms with van der Waals surface area (Å²) >= 11 is 0. The summed E-state index contributed by atoms with van der Waals surface area (Å²) in [6.07, 6.45) is 0. The largest absolute Gasteiger partial charge is 0.456 e. The number of hydrogen-bond donors (Lipinski definition) is 0. The van der Waals surface area contributed by atoms with Crippen LogP contribution in [-0.4, -0.2) is 15.0 Å². The lowest BCUT2D eigenvalue weighted by molar-refractivity contribution is 0.669. The van der Waals surface area contributed by atoms with E-state index in [9.17, 15) is 5.48 Å². The maximum atomic E-state index is 9.37. The van der Waals surface area contributed by atoms with Crippen LogP contribution in [0.25, 0.3) is 111 Å². The van der Waals surface area contributed by atoms with E-state index in [0.717, 1.165) is 21.5 Å². The van der Waals surface area contributed by atoms with E-state index in [2.05, 4.69) is 0 Å². The molecule has 11 rings (SSSR count). The molecule has 0 unspecified atom stereocenters. The lowest BCUT2D eigenvalue weighted by atomic mass is 9.97. The molecule has 0 atom stereocenters. The highest BCUT2D eigenvalue weighted by atomic mass is 16.3. The van der Waals surface area contributed by atoms with Crippen molar-refractivity contribution in [3.8, 4) is 45.3 Å². The van der Waals surface area contributed by atoms with E-state index in [4.69, 9.17) is 33.4 Å². The highest BCUT2D eigenvalue weighted by Gasteiger charge is 2.20. The van der Waals surface area contributed by atoms with E-state index in [0.29, 0.717) is 33.2 Å². The van der Waals surface area contributed by atoms with Crippen molar-refractivity contribution in [2.45, 2.75) is 0 Å². The molecule has 0 fully saturated rings. The van der Waals surface area contributed by atoms with E-state index >= 15 is 0 Å². The Morgan fingerprint density at radius 1 is 0.404 bits per heavy atom. The molecule has 0 spiro atoms. The molecule has 0 radical (unpaired) electrons. The third-order valence-corrected chi connectivity index (χ3v) is 9.25. The first kappa shape index (κ1) is 19.9. The van der Waals surface area contributed by atoms with E-state index < -0.39 is 42.3 Å². The van der Waals surface area contributed by atoms with E-state index in [1.54, 1.807) is 18.2 Å². The van der Waals surface area contributed by atoms with E-state index in [-0.39, 0.29) is 80.1 Å². The van der Waals surface area contributed by atoms with Gasteiger partial charge in [-0.05, 0) is 75.1 Å². The zero-order valence-electron chi connectivity index (χ0n) is 37.9. The van der Waals surface area contributed by atoms with Crippen molar-refractivity contribution in [3.05, 3.63) is 164 Å². The Morgan fingerprint density at radius 3 is 2.10 bits per heavy atom. The molecule has 0 aliphatic heterocycles. The van der Waals surface area contributed by atoms with Crippen LogP contribution in [0.2, 0.25) is 0 Å². The molecular weight excluding hydrogens is 639 g/mol. The molecule has 52 heavy (non-hydrogen) atoms. The number of aromatic nitrogens is 3. The summed E-state index contributed by atoms with van der Waals surface area (Å²) in [5.74, 6) is -0.345. The lowest BCUT2D eigenvalue weighted by Gasteiger charge is -2.10. The summed E-state index contributed by atoms with van der Waals surface area (Å²) in [4.78, 5) is 14.4. The summed E-state index contributed by atoms with van der Waals surface area (Å²) in [5.41, 5.74) is 2.48. The Morgan fingerprint density at radius 2 is 1.15 bits per heavy atom. The second-order valence-electron chi connectivity index (χ2n) is 12.3. The molecule has 5 nitrogen and oxygen atoms in total. The summed E-state index contributed by atoms with van der Waals surface area (Å²) < 4.78 is 110. The van der Waals surface area contributed by atoms with Crippen LogP contribution < -0.4 is 0 Å². The van der Waals surface area contributed by atoms with Crippen LogP contribution in [0.4, 0.5) is 0 Å². The number of nitrogens with zero attached hydrogens (tertiary/aromatic N) is 3. The molecule has 3 aromatic heterocycles. The molecule has 0 aliphatic carbocycles. The molecule has 242 valence electrons. The number of furan rings is 2. The van der Waals surface area contributed by atoms with Crippen molar-refractivity contribution in [2.75, 3.05) is 0 Å². The average molecular weight is 677 g/mol. The zero-order valence-corrected chi connectivity index (χ0v) is 26.9. The molecule has 0 N–H and O–H groups in total. The highest BCUT2D eigenvalue weighted by molar-refractivity contribution is 6.16. The Labute approximate surface area is 312 Å². The predicted octanol–water partition coefficient (Wildman–Crippen LogP) is 12.6. The molecule has 3 heterocycles. The quantitative estimate of drug-likeness (QED) is 0.186. The number of rotatable bonds is 4. The number of hydrogen-bond acceptors (Lipinski definition) is 5. The summed E-state index contributed by atoms with van der Waals surface area (Å²) in [6, 6.07) is 24.4. The summed E-state index contributed by atoms with van der Waals surface area (Å²) in [6.45, 7) is 0. The van der Waals surface area contributed by atoms with Crippen LogP contribution in [0, 0.1) is 0 Å². The molecule has 0 saturated carbocycles. The van der Waals surface area contributed by atoms with Gasteiger partial charge in [-0.2, -0.15) is 0 Å². The molecular formula is C47H27N3O2. The average Bonchev–Trinajstić information content (AvgIpc) is 3.87. The molecule has 0 amide bonds. The fraction of sp³-hybridized carbons (Fsp3) is 0. The first-order valence-electron chi connectivity index (χ1n) is 21.9. The van der Waals surface area contributed by atoms with Gasteiger partial charge in [0.2, 0.25) is 0 Å². The lowest BCUT2D eigenvalue weighted by Crippen LogP contribution is -2.00. The standard InChI is InChI=1S/C47H27N3O2/c1-3-11-30-25-33(21-19-28(30)9-1)45-48-46(34-22-20-29-10-2-4-12-31(29)26-34)50-47(49-45)37-15-8-18-42-44(37)38-27-32(23-24-40(38)52-42)35-14-7-17-41-43(35)36-13-5-6-16-39(36)51-41/h1-27H/i1D,3D,9D,11D,15D,18D,19D,21D,23D,24D,25D. The van der Waals surface area contributed by atoms with Crippen LogP contribution in [0.3, 0.4) is 0 Å². The van der Waals surface area contributed by atoms with Crippen LogP contribution in [0.15, 0.2) is 172 Å². The van der Waals surface area contributed by atoms with Gasteiger partial charge in [0.15, 0.2) is 17.5 Å². The third kappa shape index (κ3) is 4.53. The molecule has 0 saturated heterocycles. The monoisotopic (exact) mass is 676 g/mol. The summed E-state index contributed by atoms with van der Waals surface area (Å²) in [7, 11) is 0. The first-order valence-corrected chi connectivity index (χ1v) is 16.4. The fourth-order valence-corrected chi connectivity index (χ4v) is 6.85. The van der Waals surface area contributed by atoms with Gasteiger partial charge in [0.05, 0.1) is 15.1 Å². The zero-order chi connectivity index (χ0) is 43.7. The number of para-hydroxylation sites is 1. The Bertz CT molecular complexity index is 3850. The second-order valence-corrected chi connectivity index (χ2v) is 12.3. The molecule has 8 aromatic carbocycles. The van der Waals surface area contributed by atoms with Gasteiger partial charge in [0.25, 0.3) is 0 Å². The molecule has 5 heteroatoms. The Balaban J connectivity index is 1.24. The van der Waals surface area contributed by atoms with E-state index in [1.165, 1.54) is 6.07 Å². The predicted molar refractivity (Wildman–Crippen MR) is 211 cm³/mol. The van der Waals surface area contributed by atoms with Crippen molar-refractivity contribution in [3.63, 3.8) is 0 Å². The fourth-order valence-electron chi connectivity index (χ4n) is 6.85. The van der Waals surface area contributed by atoms with Gasteiger partial charge in [-0.1, -0.05) is 121 Å². The van der Waals surface area contributed by atoms with E-state index in [1.807, 2.05) is 72.8 Å². The molecule has 0 aliphatic rings. The minimum Gasteiger partial charge on any atom is -0.456 e. The second kappa shape index (κ2) is 11.2. The van der Waals surface area contributed by atoms with Crippen LogP contribution in [0.5, 0.6) is 0 Å². The van der Waals surface area contributed by atoms with Crippen LogP contribution in [-0.2, 0) is 0 Å². The van der Waals surface area contributed by atoms with Gasteiger partial charge in [-0.25, -0.2) is 15.0 Å². The first-order chi connectivity index (χ1) is 30.3. The highest BCUT2D eigenvalue weighted by Crippen LogP contribution is 2.41. The van der Waals surface area contributed by atoms with Crippen molar-refractivity contribution >= 4 is 65.4 Å².